The summed E-state index contributed by atoms with van der Waals surface area (Å²) in [4.78, 5) is 4.07. The largest absolute Gasteiger partial charge is 0.271 e. The molecule has 17 heavy (non-hydrogen) atoms. The number of hydrogen-bond acceptors (Lipinski definition) is 3. The van der Waals surface area contributed by atoms with Crippen molar-refractivity contribution in [2.45, 2.75) is 13.0 Å². The van der Waals surface area contributed by atoms with Gasteiger partial charge >= 0.3 is 0 Å². The molecule has 1 aromatic heterocycles. The van der Waals surface area contributed by atoms with Gasteiger partial charge in [-0.15, -0.1) is 0 Å². The fraction of sp³-hybridized carbons (Fsp3) is 0.154. The Balaban J connectivity index is 2.40. The van der Waals surface area contributed by atoms with Gasteiger partial charge in [-0.1, -0.05) is 41.9 Å². The maximum atomic E-state index is 5.77. The van der Waals surface area contributed by atoms with E-state index in [1.54, 1.807) is 12.3 Å². The summed E-state index contributed by atoms with van der Waals surface area (Å²) in [5, 5.41) is 0.481. The van der Waals surface area contributed by atoms with Gasteiger partial charge in [0.2, 0.25) is 0 Å². The zero-order chi connectivity index (χ0) is 12.3. The molecule has 1 heterocycles. The van der Waals surface area contributed by atoms with E-state index in [1.807, 2.05) is 18.2 Å². The molecule has 1 atom stereocenters. The van der Waals surface area contributed by atoms with Crippen LogP contribution in [0.3, 0.4) is 0 Å². The third kappa shape index (κ3) is 2.64. The number of rotatable bonds is 3. The van der Waals surface area contributed by atoms with E-state index in [0.717, 1.165) is 11.1 Å². The first-order valence-electron chi connectivity index (χ1n) is 5.35. The van der Waals surface area contributed by atoms with Gasteiger partial charge in [0.1, 0.15) is 5.15 Å². The molecule has 0 amide bonds. The molecule has 3 nitrogen and oxygen atoms in total. The summed E-state index contributed by atoms with van der Waals surface area (Å²) < 4.78 is 0. The van der Waals surface area contributed by atoms with Crippen LogP contribution < -0.4 is 11.3 Å². The smallest absolute Gasteiger partial charge is 0.129 e. The number of nitrogens with two attached hydrogens (primary N) is 1. The molecular weight excluding hydrogens is 234 g/mol. The highest BCUT2D eigenvalue weighted by molar-refractivity contribution is 6.29. The summed E-state index contributed by atoms with van der Waals surface area (Å²) in [6.45, 7) is 2.06. The second-order valence-electron chi connectivity index (χ2n) is 3.87. The zero-order valence-electron chi connectivity index (χ0n) is 9.52. The van der Waals surface area contributed by atoms with E-state index in [4.69, 9.17) is 17.4 Å². The van der Waals surface area contributed by atoms with Crippen LogP contribution in [-0.4, -0.2) is 4.98 Å². The van der Waals surface area contributed by atoms with Crippen LogP contribution in [0.1, 0.15) is 22.7 Å². The monoisotopic (exact) mass is 247 g/mol. The van der Waals surface area contributed by atoms with Crippen LogP contribution in [-0.2, 0) is 0 Å². The molecule has 0 saturated heterocycles. The van der Waals surface area contributed by atoms with E-state index in [0.29, 0.717) is 5.15 Å². The maximum Gasteiger partial charge on any atom is 0.129 e. The highest BCUT2D eigenvalue weighted by Gasteiger charge is 2.14. The predicted octanol–water partition coefficient (Wildman–Crippen LogP) is 2.60. The number of aromatic nitrogens is 1. The molecule has 3 N–H and O–H groups in total. The summed E-state index contributed by atoms with van der Waals surface area (Å²) in [6, 6.07) is 11.7. The second kappa shape index (κ2) is 5.27. The van der Waals surface area contributed by atoms with Gasteiger partial charge in [-0.2, -0.15) is 0 Å². The van der Waals surface area contributed by atoms with Crippen LogP contribution in [0, 0.1) is 6.92 Å². The standard InChI is InChI=1S/C13H14ClN3/c1-9-4-2-3-5-11(9)13(17-15)10-6-7-12(14)16-8-10/h2-8,13,17H,15H2,1H3. The number of hydrazine groups is 1. The molecule has 0 aliphatic rings. The summed E-state index contributed by atoms with van der Waals surface area (Å²) in [6.07, 6.45) is 1.74. The number of halogens is 1. The van der Waals surface area contributed by atoms with Gasteiger partial charge in [-0.05, 0) is 29.7 Å². The first-order valence-corrected chi connectivity index (χ1v) is 5.73. The number of hydrogen-bond donors (Lipinski definition) is 2. The van der Waals surface area contributed by atoms with E-state index in [1.165, 1.54) is 5.56 Å². The van der Waals surface area contributed by atoms with E-state index < -0.39 is 0 Å². The van der Waals surface area contributed by atoms with Crippen molar-refractivity contribution >= 4 is 11.6 Å². The van der Waals surface area contributed by atoms with Gasteiger partial charge in [0, 0.05) is 6.20 Å². The van der Waals surface area contributed by atoms with Gasteiger partial charge in [0.15, 0.2) is 0 Å². The molecule has 4 heteroatoms. The molecule has 1 aromatic carbocycles. The number of nitrogens with one attached hydrogen (secondary N) is 1. The van der Waals surface area contributed by atoms with Crippen LogP contribution in [0.15, 0.2) is 42.6 Å². The maximum absolute atomic E-state index is 5.77. The molecule has 2 rings (SSSR count). The minimum atomic E-state index is -0.0685. The highest BCUT2D eigenvalue weighted by Crippen LogP contribution is 2.24. The molecule has 0 radical (unpaired) electrons. The molecule has 0 aliphatic carbocycles. The van der Waals surface area contributed by atoms with E-state index in [9.17, 15) is 0 Å². The van der Waals surface area contributed by atoms with E-state index in [-0.39, 0.29) is 6.04 Å². The second-order valence-corrected chi connectivity index (χ2v) is 4.26. The average Bonchev–Trinajstić information content (AvgIpc) is 2.35. The fourth-order valence-corrected chi connectivity index (χ4v) is 1.95. The summed E-state index contributed by atoms with van der Waals surface area (Å²) >= 11 is 5.77. The molecule has 0 aliphatic heterocycles. The number of benzene rings is 1. The Hall–Kier alpha value is -1.42. The Bertz CT molecular complexity index is 496. The van der Waals surface area contributed by atoms with Gasteiger partial charge in [-0.3, -0.25) is 5.84 Å². The molecule has 88 valence electrons. The number of aryl methyl sites for hydroxylation is 1. The lowest BCUT2D eigenvalue weighted by atomic mass is 9.97. The SMILES string of the molecule is Cc1ccccc1C(NN)c1ccc(Cl)nc1. The molecule has 0 spiro atoms. The van der Waals surface area contributed by atoms with Crippen molar-refractivity contribution in [2.75, 3.05) is 0 Å². The predicted molar refractivity (Wildman–Crippen MR) is 69.6 cm³/mol. The Labute approximate surface area is 106 Å². The fourth-order valence-electron chi connectivity index (χ4n) is 1.83. The quantitative estimate of drug-likeness (QED) is 0.498. The van der Waals surface area contributed by atoms with Gasteiger partial charge in [-0.25, -0.2) is 10.4 Å². The third-order valence-electron chi connectivity index (χ3n) is 2.75. The summed E-state index contributed by atoms with van der Waals surface area (Å²) in [7, 11) is 0. The average molecular weight is 248 g/mol. The van der Waals surface area contributed by atoms with Crippen molar-refractivity contribution in [3.8, 4) is 0 Å². The molecule has 0 saturated carbocycles. The van der Waals surface area contributed by atoms with Crippen molar-refractivity contribution in [1.82, 2.24) is 10.4 Å². The number of nitrogens with zero attached hydrogens (tertiary/aromatic N) is 1. The Morgan fingerprint density at radius 1 is 1.24 bits per heavy atom. The lowest BCUT2D eigenvalue weighted by Gasteiger charge is -2.18. The van der Waals surface area contributed by atoms with Crippen LogP contribution >= 0.6 is 11.6 Å². The minimum absolute atomic E-state index is 0.0685. The lowest BCUT2D eigenvalue weighted by Crippen LogP contribution is -2.29. The molecule has 0 bridgehead atoms. The van der Waals surface area contributed by atoms with Crippen LogP contribution in [0.5, 0.6) is 0 Å². The van der Waals surface area contributed by atoms with Crippen molar-refractivity contribution in [3.05, 3.63) is 64.4 Å². The molecule has 2 aromatic rings. The Morgan fingerprint density at radius 2 is 2.00 bits per heavy atom. The molecular formula is C13H14ClN3. The zero-order valence-corrected chi connectivity index (χ0v) is 10.3. The van der Waals surface area contributed by atoms with Gasteiger partial charge in [0.05, 0.1) is 6.04 Å². The Morgan fingerprint density at radius 3 is 2.59 bits per heavy atom. The van der Waals surface area contributed by atoms with E-state index >= 15 is 0 Å². The normalized spacial score (nSPS) is 12.4. The number of pyridine rings is 1. The first-order chi connectivity index (χ1) is 8.22. The molecule has 0 fully saturated rings. The highest BCUT2D eigenvalue weighted by atomic mass is 35.5. The molecule has 1 unspecified atom stereocenters. The van der Waals surface area contributed by atoms with Crippen LogP contribution in [0.25, 0.3) is 0 Å². The van der Waals surface area contributed by atoms with Crippen molar-refractivity contribution in [1.29, 1.82) is 0 Å². The van der Waals surface area contributed by atoms with Crippen LogP contribution in [0.4, 0.5) is 0 Å². The minimum Gasteiger partial charge on any atom is -0.271 e. The third-order valence-corrected chi connectivity index (χ3v) is 2.97. The van der Waals surface area contributed by atoms with Crippen molar-refractivity contribution < 1.29 is 0 Å². The van der Waals surface area contributed by atoms with Gasteiger partial charge < -0.3 is 0 Å². The Kier molecular flexibility index (Phi) is 3.74. The summed E-state index contributed by atoms with van der Waals surface area (Å²) in [5.74, 6) is 5.63. The van der Waals surface area contributed by atoms with Gasteiger partial charge in [0.25, 0.3) is 0 Å². The van der Waals surface area contributed by atoms with E-state index in [2.05, 4.69) is 29.5 Å². The first kappa shape index (κ1) is 12.0. The van der Waals surface area contributed by atoms with Crippen LogP contribution in [0.2, 0.25) is 5.15 Å². The topological polar surface area (TPSA) is 50.9 Å². The van der Waals surface area contributed by atoms with Crippen molar-refractivity contribution in [3.63, 3.8) is 0 Å². The summed E-state index contributed by atoms with van der Waals surface area (Å²) in [5.41, 5.74) is 6.13. The lowest BCUT2D eigenvalue weighted by molar-refractivity contribution is 0.631. The van der Waals surface area contributed by atoms with Crippen molar-refractivity contribution in [2.24, 2.45) is 5.84 Å².